The number of nitrogens with zero attached hydrogens (tertiary/aromatic N) is 2. The Balaban J connectivity index is 1.74. The summed E-state index contributed by atoms with van der Waals surface area (Å²) < 4.78 is 0. The summed E-state index contributed by atoms with van der Waals surface area (Å²) in [5.41, 5.74) is 10.2. The van der Waals surface area contributed by atoms with Crippen LogP contribution in [0.15, 0.2) is 18.2 Å². The van der Waals surface area contributed by atoms with Crippen LogP contribution in [0.3, 0.4) is 0 Å². The molecule has 2 N–H and O–H groups in total. The maximum absolute atomic E-state index is 6.04. The fraction of sp³-hybridized carbons (Fsp3) is 0.667. The Kier molecular flexibility index (Phi) is 4.51. The normalized spacial score (nSPS) is 24.7. The summed E-state index contributed by atoms with van der Waals surface area (Å²) in [4.78, 5) is 5.28. The lowest BCUT2D eigenvalue weighted by atomic mass is 10.0. The average molecular weight is 287 g/mol. The molecule has 0 aromatic heterocycles. The van der Waals surface area contributed by atoms with E-state index in [1.165, 1.54) is 62.3 Å². The SMILES string of the molecule is Cc1ccc(N2CCC(N3CCCC3)C2)c(CC(C)N)c1. The molecule has 0 bridgehead atoms. The number of aryl methyl sites for hydroxylation is 1. The molecule has 0 radical (unpaired) electrons. The van der Waals surface area contributed by atoms with Gasteiger partial charge >= 0.3 is 0 Å². The summed E-state index contributed by atoms with van der Waals surface area (Å²) in [6.07, 6.45) is 5.06. The molecule has 1 aromatic rings. The summed E-state index contributed by atoms with van der Waals surface area (Å²) in [6, 6.07) is 7.85. The van der Waals surface area contributed by atoms with Crippen molar-refractivity contribution < 1.29 is 0 Å². The molecular formula is C18H29N3. The topological polar surface area (TPSA) is 32.5 Å². The highest BCUT2D eigenvalue weighted by Crippen LogP contribution is 2.29. The molecule has 1 aromatic carbocycles. The van der Waals surface area contributed by atoms with Crippen LogP contribution in [0.2, 0.25) is 0 Å². The van der Waals surface area contributed by atoms with Crippen molar-refractivity contribution in [3.8, 4) is 0 Å². The van der Waals surface area contributed by atoms with E-state index < -0.39 is 0 Å². The first-order valence-corrected chi connectivity index (χ1v) is 8.47. The number of hydrogen-bond acceptors (Lipinski definition) is 3. The zero-order valence-electron chi connectivity index (χ0n) is 13.5. The summed E-state index contributed by atoms with van der Waals surface area (Å²) in [6.45, 7) is 9.26. The summed E-state index contributed by atoms with van der Waals surface area (Å²) in [5.74, 6) is 0. The van der Waals surface area contributed by atoms with E-state index in [-0.39, 0.29) is 6.04 Å². The molecule has 2 saturated heterocycles. The van der Waals surface area contributed by atoms with Gasteiger partial charge in [-0.1, -0.05) is 17.7 Å². The van der Waals surface area contributed by atoms with Gasteiger partial charge in [0.25, 0.3) is 0 Å². The molecule has 2 aliphatic heterocycles. The lowest BCUT2D eigenvalue weighted by molar-refractivity contribution is 0.260. The molecule has 0 aliphatic carbocycles. The first-order valence-electron chi connectivity index (χ1n) is 8.47. The van der Waals surface area contributed by atoms with Crippen molar-refractivity contribution >= 4 is 5.69 Å². The van der Waals surface area contributed by atoms with Crippen molar-refractivity contribution in [2.24, 2.45) is 5.73 Å². The molecule has 0 spiro atoms. The minimum atomic E-state index is 0.225. The van der Waals surface area contributed by atoms with Crippen LogP contribution in [-0.4, -0.2) is 43.2 Å². The molecule has 2 atom stereocenters. The maximum atomic E-state index is 6.04. The van der Waals surface area contributed by atoms with Crippen molar-refractivity contribution in [1.82, 2.24) is 4.90 Å². The van der Waals surface area contributed by atoms with E-state index in [4.69, 9.17) is 5.73 Å². The third-order valence-corrected chi connectivity index (χ3v) is 4.94. The van der Waals surface area contributed by atoms with E-state index in [9.17, 15) is 0 Å². The highest BCUT2D eigenvalue weighted by molar-refractivity contribution is 5.56. The van der Waals surface area contributed by atoms with Gasteiger partial charge in [-0.3, -0.25) is 4.90 Å². The van der Waals surface area contributed by atoms with Gasteiger partial charge in [-0.15, -0.1) is 0 Å². The van der Waals surface area contributed by atoms with Gasteiger partial charge in [0.1, 0.15) is 0 Å². The van der Waals surface area contributed by atoms with Crippen LogP contribution in [0.1, 0.15) is 37.3 Å². The zero-order valence-corrected chi connectivity index (χ0v) is 13.5. The fourth-order valence-electron chi connectivity index (χ4n) is 3.90. The summed E-state index contributed by atoms with van der Waals surface area (Å²) in [5, 5.41) is 0. The van der Waals surface area contributed by atoms with Crippen molar-refractivity contribution in [3.05, 3.63) is 29.3 Å². The first-order chi connectivity index (χ1) is 10.1. The van der Waals surface area contributed by atoms with Crippen LogP contribution in [0, 0.1) is 6.92 Å². The van der Waals surface area contributed by atoms with Crippen LogP contribution in [0.4, 0.5) is 5.69 Å². The Morgan fingerprint density at radius 2 is 2.00 bits per heavy atom. The Labute approximate surface area is 129 Å². The third-order valence-electron chi connectivity index (χ3n) is 4.94. The number of benzene rings is 1. The Hall–Kier alpha value is -1.06. The fourth-order valence-corrected chi connectivity index (χ4v) is 3.90. The predicted molar refractivity (Wildman–Crippen MR) is 90.0 cm³/mol. The largest absolute Gasteiger partial charge is 0.370 e. The number of likely N-dealkylation sites (tertiary alicyclic amines) is 1. The second-order valence-corrected chi connectivity index (χ2v) is 6.95. The molecule has 3 nitrogen and oxygen atoms in total. The van der Waals surface area contributed by atoms with E-state index in [2.05, 4.69) is 41.8 Å². The second kappa shape index (κ2) is 6.37. The van der Waals surface area contributed by atoms with Gasteiger partial charge < -0.3 is 10.6 Å². The summed E-state index contributed by atoms with van der Waals surface area (Å²) in [7, 11) is 0. The number of nitrogens with two attached hydrogens (primary N) is 1. The maximum Gasteiger partial charge on any atom is 0.0400 e. The smallest absolute Gasteiger partial charge is 0.0400 e. The van der Waals surface area contributed by atoms with Crippen molar-refractivity contribution in [1.29, 1.82) is 0 Å². The van der Waals surface area contributed by atoms with Gasteiger partial charge in [-0.05, 0) is 64.3 Å². The molecule has 116 valence electrons. The van der Waals surface area contributed by atoms with Crippen LogP contribution >= 0.6 is 0 Å². The van der Waals surface area contributed by atoms with E-state index in [1.807, 2.05) is 0 Å². The van der Waals surface area contributed by atoms with Gasteiger partial charge in [0.15, 0.2) is 0 Å². The molecule has 3 rings (SSSR count). The van der Waals surface area contributed by atoms with Gasteiger partial charge in [0.05, 0.1) is 0 Å². The van der Waals surface area contributed by atoms with Gasteiger partial charge in [-0.2, -0.15) is 0 Å². The highest BCUT2D eigenvalue weighted by atomic mass is 15.3. The minimum absolute atomic E-state index is 0.225. The Morgan fingerprint density at radius 1 is 1.24 bits per heavy atom. The van der Waals surface area contributed by atoms with E-state index in [0.717, 1.165) is 12.5 Å². The molecule has 3 heteroatoms. The van der Waals surface area contributed by atoms with Crippen molar-refractivity contribution in [2.75, 3.05) is 31.1 Å². The zero-order chi connectivity index (χ0) is 14.8. The van der Waals surface area contributed by atoms with Crippen LogP contribution in [0.25, 0.3) is 0 Å². The summed E-state index contributed by atoms with van der Waals surface area (Å²) >= 11 is 0. The number of hydrogen-bond donors (Lipinski definition) is 1. The van der Waals surface area contributed by atoms with Crippen molar-refractivity contribution in [3.63, 3.8) is 0 Å². The lowest BCUT2D eigenvalue weighted by Crippen LogP contribution is -2.35. The molecule has 2 heterocycles. The Morgan fingerprint density at radius 3 is 2.71 bits per heavy atom. The monoisotopic (exact) mass is 287 g/mol. The van der Waals surface area contributed by atoms with Crippen LogP contribution < -0.4 is 10.6 Å². The number of rotatable bonds is 4. The molecular weight excluding hydrogens is 258 g/mol. The van der Waals surface area contributed by atoms with Gasteiger partial charge in [0, 0.05) is 30.9 Å². The Bertz CT molecular complexity index is 477. The van der Waals surface area contributed by atoms with Crippen LogP contribution in [-0.2, 0) is 6.42 Å². The van der Waals surface area contributed by atoms with E-state index >= 15 is 0 Å². The van der Waals surface area contributed by atoms with E-state index in [0.29, 0.717) is 0 Å². The van der Waals surface area contributed by atoms with E-state index in [1.54, 1.807) is 0 Å². The molecule has 0 amide bonds. The molecule has 2 fully saturated rings. The highest BCUT2D eigenvalue weighted by Gasteiger charge is 2.30. The van der Waals surface area contributed by atoms with Gasteiger partial charge in [0.2, 0.25) is 0 Å². The van der Waals surface area contributed by atoms with Crippen molar-refractivity contribution in [2.45, 2.75) is 51.6 Å². The lowest BCUT2D eigenvalue weighted by Gasteiger charge is -2.26. The average Bonchev–Trinajstić information content (AvgIpc) is 3.09. The van der Waals surface area contributed by atoms with Crippen LogP contribution in [0.5, 0.6) is 0 Å². The number of anilines is 1. The predicted octanol–water partition coefficient (Wildman–Crippen LogP) is 2.56. The minimum Gasteiger partial charge on any atom is -0.370 e. The first kappa shape index (κ1) is 14.9. The molecule has 2 unspecified atom stereocenters. The molecule has 0 saturated carbocycles. The molecule has 2 aliphatic rings. The molecule has 21 heavy (non-hydrogen) atoms. The van der Waals surface area contributed by atoms with Gasteiger partial charge in [-0.25, -0.2) is 0 Å². The second-order valence-electron chi connectivity index (χ2n) is 6.95. The third kappa shape index (κ3) is 3.41. The standard InChI is InChI=1S/C18H29N3/c1-14-5-6-18(16(11-14)12-15(2)19)21-10-7-17(13-21)20-8-3-4-9-20/h5-6,11,15,17H,3-4,7-10,12-13,19H2,1-2H3. The quantitative estimate of drug-likeness (QED) is 0.924.